The fraction of sp³-hybridized carbons (Fsp3) is 1.00. The molecule has 0 radical (unpaired) electrons. The molecule has 0 aromatic heterocycles. The van der Waals surface area contributed by atoms with Gasteiger partial charge in [-0.3, -0.25) is 0 Å². The lowest BCUT2D eigenvalue weighted by atomic mass is 10.0. The summed E-state index contributed by atoms with van der Waals surface area (Å²) in [5, 5.41) is 3.59. The Balaban J connectivity index is 1.64. The zero-order valence-corrected chi connectivity index (χ0v) is 8.40. The molecule has 0 saturated carbocycles. The van der Waals surface area contributed by atoms with Crippen LogP contribution < -0.4 is 5.32 Å². The second-order valence-electron chi connectivity index (χ2n) is 3.77. The molecule has 0 aromatic rings. The molecule has 0 aliphatic carbocycles. The quantitative estimate of drug-likeness (QED) is 0.715. The van der Waals surface area contributed by atoms with Crippen LogP contribution in [0.15, 0.2) is 0 Å². The highest BCUT2D eigenvalue weighted by atomic mass is 32.2. The van der Waals surface area contributed by atoms with Crippen LogP contribution in [0.5, 0.6) is 0 Å². The molecule has 2 atom stereocenters. The van der Waals surface area contributed by atoms with Crippen molar-refractivity contribution in [2.24, 2.45) is 5.92 Å². The fourth-order valence-electron chi connectivity index (χ4n) is 1.72. The van der Waals surface area contributed by atoms with Gasteiger partial charge in [-0.15, -0.1) is 0 Å². The Morgan fingerprint density at radius 2 is 2.33 bits per heavy atom. The van der Waals surface area contributed by atoms with E-state index < -0.39 is 0 Å². The monoisotopic (exact) mass is 187 g/mol. The van der Waals surface area contributed by atoms with Gasteiger partial charge in [0.05, 0.1) is 6.10 Å². The molecule has 2 aliphatic rings. The number of rotatable bonds is 3. The van der Waals surface area contributed by atoms with Crippen LogP contribution in [-0.2, 0) is 4.74 Å². The highest BCUT2D eigenvalue weighted by molar-refractivity contribution is 8.00. The van der Waals surface area contributed by atoms with E-state index in [1.165, 1.54) is 17.9 Å². The summed E-state index contributed by atoms with van der Waals surface area (Å²) in [7, 11) is 0. The zero-order chi connectivity index (χ0) is 8.39. The molecule has 12 heavy (non-hydrogen) atoms. The van der Waals surface area contributed by atoms with Crippen molar-refractivity contribution in [3.63, 3.8) is 0 Å². The minimum atomic E-state index is 0.477. The lowest BCUT2D eigenvalue weighted by Crippen LogP contribution is -2.43. The van der Waals surface area contributed by atoms with Crippen LogP contribution in [0.25, 0.3) is 0 Å². The zero-order valence-electron chi connectivity index (χ0n) is 7.58. The molecule has 2 nitrogen and oxygen atoms in total. The van der Waals surface area contributed by atoms with Crippen molar-refractivity contribution >= 4 is 11.8 Å². The molecule has 0 spiro atoms. The largest absolute Gasteiger partial charge is 0.378 e. The van der Waals surface area contributed by atoms with Gasteiger partial charge in [-0.05, 0) is 19.3 Å². The van der Waals surface area contributed by atoms with E-state index in [1.54, 1.807) is 0 Å². The Kier molecular flexibility index (Phi) is 2.94. The third kappa shape index (κ3) is 1.95. The van der Waals surface area contributed by atoms with Crippen LogP contribution in [-0.4, -0.2) is 36.8 Å². The van der Waals surface area contributed by atoms with Gasteiger partial charge in [-0.1, -0.05) is 0 Å². The Morgan fingerprint density at radius 1 is 1.50 bits per heavy atom. The van der Waals surface area contributed by atoms with Gasteiger partial charge < -0.3 is 10.1 Å². The topological polar surface area (TPSA) is 21.3 Å². The highest BCUT2D eigenvalue weighted by Crippen LogP contribution is 2.21. The standard InChI is InChI=1S/C9H17NOS/c1-7-8(2-3-11-7)4-10-9-5-12-6-9/h7-10H,2-6H2,1H3. The SMILES string of the molecule is CC1OCCC1CNC1CSC1. The second-order valence-corrected chi connectivity index (χ2v) is 4.84. The van der Waals surface area contributed by atoms with Crippen LogP contribution >= 0.6 is 11.8 Å². The Morgan fingerprint density at radius 3 is 2.83 bits per heavy atom. The summed E-state index contributed by atoms with van der Waals surface area (Å²) in [6.07, 6.45) is 1.72. The number of nitrogens with one attached hydrogen (secondary N) is 1. The van der Waals surface area contributed by atoms with E-state index in [-0.39, 0.29) is 0 Å². The summed E-state index contributed by atoms with van der Waals surface area (Å²) in [4.78, 5) is 0. The van der Waals surface area contributed by atoms with Gasteiger partial charge in [0.15, 0.2) is 0 Å². The summed E-state index contributed by atoms with van der Waals surface area (Å²) in [5.41, 5.74) is 0. The summed E-state index contributed by atoms with van der Waals surface area (Å²) in [5.74, 6) is 3.37. The smallest absolute Gasteiger partial charge is 0.0588 e. The van der Waals surface area contributed by atoms with Gasteiger partial charge in [0.2, 0.25) is 0 Å². The summed E-state index contributed by atoms with van der Waals surface area (Å²) < 4.78 is 5.50. The van der Waals surface area contributed by atoms with Crippen LogP contribution in [0.3, 0.4) is 0 Å². The molecule has 0 bridgehead atoms. The van der Waals surface area contributed by atoms with Crippen molar-refractivity contribution in [2.75, 3.05) is 24.7 Å². The first-order valence-corrected chi connectivity index (χ1v) is 5.94. The van der Waals surface area contributed by atoms with Crippen LogP contribution in [0.1, 0.15) is 13.3 Å². The van der Waals surface area contributed by atoms with Gasteiger partial charge in [0, 0.05) is 30.7 Å². The third-order valence-corrected chi connectivity index (χ3v) is 4.12. The Labute approximate surface area is 78.4 Å². The minimum absolute atomic E-state index is 0.477. The molecule has 2 saturated heterocycles. The fourth-order valence-corrected chi connectivity index (χ4v) is 2.42. The maximum Gasteiger partial charge on any atom is 0.0588 e. The molecule has 3 heteroatoms. The van der Waals surface area contributed by atoms with E-state index in [0.29, 0.717) is 6.10 Å². The molecule has 2 unspecified atom stereocenters. The predicted octanol–water partition coefficient (Wildman–Crippen LogP) is 1.12. The molecule has 1 N–H and O–H groups in total. The highest BCUT2D eigenvalue weighted by Gasteiger charge is 2.26. The van der Waals surface area contributed by atoms with Crippen molar-refractivity contribution in [3.8, 4) is 0 Å². The predicted molar refractivity (Wildman–Crippen MR) is 52.6 cm³/mol. The van der Waals surface area contributed by atoms with E-state index >= 15 is 0 Å². The number of thioether (sulfide) groups is 1. The molecule has 0 aromatic carbocycles. The second kappa shape index (κ2) is 3.99. The van der Waals surface area contributed by atoms with Gasteiger partial charge in [-0.2, -0.15) is 11.8 Å². The number of hydrogen-bond donors (Lipinski definition) is 1. The third-order valence-electron chi connectivity index (χ3n) is 2.84. The van der Waals surface area contributed by atoms with Crippen LogP contribution in [0, 0.1) is 5.92 Å². The molecular weight excluding hydrogens is 170 g/mol. The number of ether oxygens (including phenoxy) is 1. The van der Waals surface area contributed by atoms with Crippen molar-refractivity contribution in [1.29, 1.82) is 0 Å². The van der Waals surface area contributed by atoms with Gasteiger partial charge in [0.25, 0.3) is 0 Å². The van der Waals surface area contributed by atoms with Crippen molar-refractivity contribution in [2.45, 2.75) is 25.5 Å². The lowest BCUT2D eigenvalue weighted by Gasteiger charge is -2.28. The van der Waals surface area contributed by atoms with Gasteiger partial charge in [-0.25, -0.2) is 0 Å². The van der Waals surface area contributed by atoms with E-state index in [1.807, 2.05) is 11.8 Å². The first-order valence-electron chi connectivity index (χ1n) is 4.79. The summed E-state index contributed by atoms with van der Waals surface area (Å²) in [6.45, 7) is 4.31. The molecular formula is C9H17NOS. The average Bonchev–Trinajstić information content (AvgIpc) is 2.33. The molecule has 70 valence electrons. The molecule has 2 fully saturated rings. The van der Waals surface area contributed by atoms with E-state index in [0.717, 1.165) is 25.1 Å². The Hall–Kier alpha value is 0.270. The van der Waals surface area contributed by atoms with E-state index in [9.17, 15) is 0 Å². The molecule has 2 rings (SSSR count). The van der Waals surface area contributed by atoms with E-state index in [2.05, 4.69) is 12.2 Å². The molecule has 2 aliphatic heterocycles. The van der Waals surface area contributed by atoms with Crippen LogP contribution in [0.2, 0.25) is 0 Å². The van der Waals surface area contributed by atoms with Crippen molar-refractivity contribution in [1.82, 2.24) is 5.32 Å². The summed E-state index contributed by atoms with van der Waals surface area (Å²) >= 11 is 2.03. The molecule has 2 heterocycles. The van der Waals surface area contributed by atoms with E-state index in [4.69, 9.17) is 4.74 Å². The molecule has 0 amide bonds. The van der Waals surface area contributed by atoms with Crippen molar-refractivity contribution < 1.29 is 4.74 Å². The summed E-state index contributed by atoms with van der Waals surface area (Å²) in [6, 6.07) is 0.794. The maximum absolute atomic E-state index is 5.50. The lowest BCUT2D eigenvalue weighted by molar-refractivity contribution is 0.105. The first kappa shape index (κ1) is 8.85. The maximum atomic E-state index is 5.50. The average molecular weight is 187 g/mol. The number of hydrogen-bond acceptors (Lipinski definition) is 3. The van der Waals surface area contributed by atoms with Crippen molar-refractivity contribution in [3.05, 3.63) is 0 Å². The minimum Gasteiger partial charge on any atom is -0.378 e. The normalized spacial score (nSPS) is 36.8. The first-order chi connectivity index (χ1) is 5.86. The van der Waals surface area contributed by atoms with Crippen LogP contribution in [0.4, 0.5) is 0 Å². The van der Waals surface area contributed by atoms with Gasteiger partial charge in [0.1, 0.15) is 0 Å². The van der Waals surface area contributed by atoms with Gasteiger partial charge >= 0.3 is 0 Å². The Bertz CT molecular complexity index is 149.